The van der Waals surface area contributed by atoms with Gasteiger partial charge in [-0.05, 0) is 61.7 Å². The van der Waals surface area contributed by atoms with Gasteiger partial charge in [-0.15, -0.1) is 0 Å². The van der Waals surface area contributed by atoms with E-state index in [4.69, 9.17) is 31.5 Å². The van der Waals surface area contributed by atoms with E-state index in [0.29, 0.717) is 25.5 Å². The molecule has 24 heavy (non-hydrogen) atoms. The van der Waals surface area contributed by atoms with Gasteiger partial charge in [0.15, 0.2) is 11.5 Å². The van der Waals surface area contributed by atoms with Crippen LogP contribution in [0, 0.1) is 13.8 Å². The molecule has 0 aromatic heterocycles. The number of rotatable bonds is 8. The number of methoxy groups -OCH3 is 1. The topological polar surface area (TPSA) is 53.7 Å². The molecule has 0 radical (unpaired) electrons. The Bertz CT molecular complexity index is 665. The SMILES string of the molecule is COc1cccc(CCN)c1OCCOc1cc(C)c(Cl)c(C)c1. The number of aryl methyl sites for hydroxylation is 2. The lowest BCUT2D eigenvalue weighted by molar-refractivity contribution is 0.210. The summed E-state index contributed by atoms with van der Waals surface area (Å²) in [6.45, 7) is 5.34. The van der Waals surface area contributed by atoms with Gasteiger partial charge in [-0.1, -0.05) is 23.7 Å². The quantitative estimate of drug-likeness (QED) is 0.734. The molecule has 130 valence electrons. The van der Waals surface area contributed by atoms with Crippen LogP contribution in [-0.2, 0) is 6.42 Å². The van der Waals surface area contributed by atoms with E-state index in [1.165, 1.54) is 0 Å². The molecular weight excluding hydrogens is 326 g/mol. The first-order valence-electron chi connectivity index (χ1n) is 7.95. The molecule has 0 aliphatic carbocycles. The van der Waals surface area contributed by atoms with E-state index in [9.17, 15) is 0 Å². The van der Waals surface area contributed by atoms with Gasteiger partial charge >= 0.3 is 0 Å². The second-order valence-corrected chi connectivity index (χ2v) is 5.93. The van der Waals surface area contributed by atoms with Crippen LogP contribution >= 0.6 is 11.6 Å². The van der Waals surface area contributed by atoms with Crippen LogP contribution in [0.4, 0.5) is 0 Å². The Balaban J connectivity index is 1.97. The summed E-state index contributed by atoms with van der Waals surface area (Å²) in [5, 5.41) is 0.777. The molecule has 0 atom stereocenters. The van der Waals surface area contributed by atoms with Crippen molar-refractivity contribution in [3.8, 4) is 17.2 Å². The predicted molar refractivity (Wildman–Crippen MR) is 97.7 cm³/mol. The van der Waals surface area contributed by atoms with Gasteiger partial charge in [-0.2, -0.15) is 0 Å². The van der Waals surface area contributed by atoms with Gasteiger partial charge in [-0.25, -0.2) is 0 Å². The third-order valence-corrected chi connectivity index (χ3v) is 4.30. The van der Waals surface area contributed by atoms with Gasteiger partial charge in [0.2, 0.25) is 0 Å². The molecular formula is C19H24ClNO3. The molecule has 0 fully saturated rings. The van der Waals surface area contributed by atoms with Crippen molar-refractivity contribution in [2.45, 2.75) is 20.3 Å². The average molecular weight is 350 g/mol. The highest BCUT2D eigenvalue weighted by Crippen LogP contribution is 2.31. The first-order chi connectivity index (χ1) is 11.6. The summed E-state index contributed by atoms with van der Waals surface area (Å²) in [6, 6.07) is 9.67. The third-order valence-electron chi connectivity index (χ3n) is 3.70. The number of ether oxygens (including phenoxy) is 3. The fourth-order valence-electron chi connectivity index (χ4n) is 2.53. The molecule has 0 spiro atoms. The number of nitrogens with two attached hydrogens (primary N) is 1. The van der Waals surface area contributed by atoms with Crippen LogP contribution < -0.4 is 19.9 Å². The normalized spacial score (nSPS) is 10.5. The van der Waals surface area contributed by atoms with Gasteiger partial charge in [0.05, 0.1) is 7.11 Å². The molecule has 2 rings (SSSR count). The van der Waals surface area contributed by atoms with Crippen LogP contribution in [0.2, 0.25) is 5.02 Å². The Kier molecular flexibility index (Phi) is 6.76. The molecule has 4 nitrogen and oxygen atoms in total. The number of hydrogen-bond acceptors (Lipinski definition) is 4. The zero-order valence-corrected chi connectivity index (χ0v) is 15.2. The molecule has 2 N–H and O–H groups in total. The van der Waals surface area contributed by atoms with E-state index in [0.717, 1.165) is 39.6 Å². The largest absolute Gasteiger partial charge is 0.493 e. The number of halogens is 1. The molecule has 0 saturated heterocycles. The molecule has 0 heterocycles. The van der Waals surface area contributed by atoms with E-state index in [2.05, 4.69) is 0 Å². The highest BCUT2D eigenvalue weighted by Gasteiger charge is 2.10. The lowest BCUT2D eigenvalue weighted by atomic mass is 10.1. The molecule has 0 unspecified atom stereocenters. The van der Waals surface area contributed by atoms with Crippen LogP contribution in [0.3, 0.4) is 0 Å². The number of para-hydroxylation sites is 1. The van der Waals surface area contributed by atoms with Gasteiger partial charge in [0, 0.05) is 5.02 Å². The third kappa shape index (κ3) is 4.56. The van der Waals surface area contributed by atoms with Crippen LogP contribution in [0.1, 0.15) is 16.7 Å². The van der Waals surface area contributed by atoms with Gasteiger partial charge in [0.1, 0.15) is 19.0 Å². The second kappa shape index (κ2) is 8.81. The number of benzene rings is 2. The molecule has 0 saturated carbocycles. The summed E-state index contributed by atoms with van der Waals surface area (Å²) in [5.74, 6) is 2.23. The summed E-state index contributed by atoms with van der Waals surface area (Å²) < 4.78 is 17.0. The monoisotopic (exact) mass is 349 g/mol. The van der Waals surface area contributed by atoms with Crippen molar-refractivity contribution in [2.75, 3.05) is 26.9 Å². The minimum Gasteiger partial charge on any atom is -0.493 e. The van der Waals surface area contributed by atoms with Crippen molar-refractivity contribution in [3.63, 3.8) is 0 Å². The second-order valence-electron chi connectivity index (χ2n) is 5.56. The summed E-state index contributed by atoms with van der Waals surface area (Å²) >= 11 is 6.17. The first kappa shape index (κ1) is 18.4. The van der Waals surface area contributed by atoms with Crippen LogP contribution in [0.5, 0.6) is 17.2 Å². The summed E-state index contributed by atoms with van der Waals surface area (Å²) in [4.78, 5) is 0. The summed E-state index contributed by atoms with van der Waals surface area (Å²) in [6.07, 6.45) is 0.739. The maximum atomic E-state index is 6.17. The van der Waals surface area contributed by atoms with E-state index in [1.54, 1.807) is 7.11 Å². The Hall–Kier alpha value is -1.91. The highest BCUT2D eigenvalue weighted by molar-refractivity contribution is 6.32. The van der Waals surface area contributed by atoms with Crippen LogP contribution in [0.15, 0.2) is 30.3 Å². The van der Waals surface area contributed by atoms with E-state index in [1.807, 2.05) is 44.2 Å². The van der Waals surface area contributed by atoms with E-state index >= 15 is 0 Å². The first-order valence-corrected chi connectivity index (χ1v) is 8.33. The molecule has 0 amide bonds. The van der Waals surface area contributed by atoms with Gasteiger partial charge < -0.3 is 19.9 Å². The Labute approximate surface area is 148 Å². The standard InChI is InChI=1S/C19H24ClNO3/c1-13-11-16(12-14(2)18(13)20)23-9-10-24-19-15(7-8-21)5-4-6-17(19)22-3/h4-6,11-12H,7-10,21H2,1-3H3. The van der Waals surface area contributed by atoms with Crippen molar-refractivity contribution in [1.82, 2.24) is 0 Å². The molecule has 2 aromatic rings. The molecule has 0 aliphatic heterocycles. The molecule has 0 aliphatic rings. The predicted octanol–water partition coefficient (Wildman–Crippen LogP) is 3.92. The van der Waals surface area contributed by atoms with E-state index < -0.39 is 0 Å². The van der Waals surface area contributed by atoms with Crippen molar-refractivity contribution in [3.05, 3.63) is 52.0 Å². The Morgan fingerprint density at radius 3 is 2.33 bits per heavy atom. The van der Waals surface area contributed by atoms with Crippen molar-refractivity contribution < 1.29 is 14.2 Å². The summed E-state index contributed by atoms with van der Waals surface area (Å²) in [7, 11) is 1.63. The average Bonchev–Trinajstić information content (AvgIpc) is 2.57. The maximum absolute atomic E-state index is 6.17. The van der Waals surface area contributed by atoms with Crippen LogP contribution in [0.25, 0.3) is 0 Å². The zero-order chi connectivity index (χ0) is 17.5. The zero-order valence-electron chi connectivity index (χ0n) is 14.4. The van der Waals surface area contributed by atoms with Crippen molar-refractivity contribution >= 4 is 11.6 Å². The van der Waals surface area contributed by atoms with Crippen molar-refractivity contribution in [1.29, 1.82) is 0 Å². The highest BCUT2D eigenvalue weighted by atomic mass is 35.5. The van der Waals surface area contributed by atoms with Gasteiger partial charge in [0.25, 0.3) is 0 Å². The molecule has 2 aromatic carbocycles. The lowest BCUT2D eigenvalue weighted by Crippen LogP contribution is -2.12. The molecule has 5 heteroatoms. The minimum atomic E-state index is 0.415. The lowest BCUT2D eigenvalue weighted by Gasteiger charge is -2.15. The Morgan fingerprint density at radius 1 is 1.04 bits per heavy atom. The smallest absolute Gasteiger partial charge is 0.164 e. The van der Waals surface area contributed by atoms with E-state index in [-0.39, 0.29) is 0 Å². The maximum Gasteiger partial charge on any atom is 0.164 e. The fraction of sp³-hybridized carbons (Fsp3) is 0.368. The summed E-state index contributed by atoms with van der Waals surface area (Å²) in [5.41, 5.74) is 8.70. The minimum absolute atomic E-state index is 0.415. The van der Waals surface area contributed by atoms with Crippen LogP contribution in [-0.4, -0.2) is 26.9 Å². The van der Waals surface area contributed by atoms with Crippen molar-refractivity contribution in [2.24, 2.45) is 5.73 Å². The number of hydrogen-bond donors (Lipinski definition) is 1. The fourth-order valence-corrected chi connectivity index (χ4v) is 2.64. The Morgan fingerprint density at radius 2 is 1.71 bits per heavy atom. The van der Waals surface area contributed by atoms with Gasteiger partial charge in [-0.3, -0.25) is 0 Å². The molecule has 0 bridgehead atoms.